The quantitative estimate of drug-likeness (QED) is 0.510. The predicted molar refractivity (Wildman–Crippen MR) is 123 cm³/mol. The van der Waals surface area contributed by atoms with Crippen LogP contribution in [-0.4, -0.2) is 44.6 Å². The molecule has 158 valence electrons. The van der Waals surface area contributed by atoms with Gasteiger partial charge in [-0.05, 0) is 43.0 Å². The largest absolute Gasteiger partial charge is 0.371 e. The molecule has 0 spiro atoms. The Hall–Kier alpha value is -3.02. The molecule has 0 bridgehead atoms. The zero-order valence-corrected chi connectivity index (χ0v) is 17.6. The van der Waals surface area contributed by atoms with Gasteiger partial charge in [-0.15, -0.1) is 0 Å². The Morgan fingerprint density at radius 2 is 1.93 bits per heavy atom. The molecule has 0 radical (unpaired) electrons. The van der Waals surface area contributed by atoms with Crippen molar-refractivity contribution in [2.24, 2.45) is 10.9 Å². The van der Waals surface area contributed by atoms with E-state index in [2.05, 4.69) is 64.2 Å². The molecule has 2 aromatic rings. The molecule has 2 unspecified atom stereocenters. The number of nitrogens with one attached hydrogen (secondary N) is 3. The fourth-order valence-corrected chi connectivity index (χ4v) is 4.32. The average molecular weight is 406 g/mol. The molecule has 30 heavy (non-hydrogen) atoms. The van der Waals surface area contributed by atoms with Crippen LogP contribution in [0.15, 0.2) is 59.6 Å². The Morgan fingerprint density at radius 3 is 2.77 bits per heavy atom. The second-order valence-corrected chi connectivity index (χ2v) is 8.07. The fraction of sp³-hybridized carbons (Fsp3) is 0.417. The smallest absolute Gasteiger partial charge is 0.225 e. The maximum atomic E-state index is 12.1. The molecule has 0 aliphatic carbocycles. The lowest BCUT2D eigenvalue weighted by Crippen LogP contribution is -2.41. The van der Waals surface area contributed by atoms with E-state index < -0.39 is 0 Å². The third kappa shape index (κ3) is 4.93. The van der Waals surface area contributed by atoms with Gasteiger partial charge in [0.2, 0.25) is 5.91 Å². The first-order chi connectivity index (χ1) is 14.7. The summed E-state index contributed by atoms with van der Waals surface area (Å²) in [6, 6.07) is 18.7. The number of aliphatic imine (C=N–C) groups is 1. The fourth-order valence-electron chi connectivity index (χ4n) is 4.32. The van der Waals surface area contributed by atoms with Crippen LogP contribution in [0.5, 0.6) is 0 Å². The van der Waals surface area contributed by atoms with Gasteiger partial charge in [0.25, 0.3) is 0 Å². The van der Waals surface area contributed by atoms with Crippen molar-refractivity contribution in [2.45, 2.75) is 25.7 Å². The van der Waals surface area contributed by atoms with Gasteiger partial charge < -0.3 is 20.9 Å². The zero-order chi connectivity index (χ0) is 20.8. The highest BCUT2D eigenvalue weighted by Crippen LogP contribution is 2.31. The van der Waals surface area contributed by atoms with Crippen molar-refractivity contribution in [1.29, 1.82) is 0 Å². The molecule has 6 nitrogen and oxygen atoms in total. The number of rotatable bonds is 6. The highest BCUT2D eigenvalue weighted by atomic mass is 16.1. The van der Waals surface area contributed by atoms with Crippen LogP contribution in [0, 0.1) is 5.92 Å². The average Bonchev–Trinajstić information content (AvgIpc) is 3.25. The minimum absolute atomic E-state index is 0.0781. The number of hydrogen-bond donors (Lipinski definition) is 3. The molecule has 2 aliphatic heterocycles. The van der Waals surface area contributed by atoms with E-state index in [9.17, 15) is 4.79 Å². The Kier molecular flexibility index (Phi) is 6.52. The van der Waals surface area contributed by atoms with E-state index in [-0.39, 0.29) is 11.8 Å². The van der Waals surface area contributed by atoms with Crippen LogP contribution < -0.4 is 20.9 Å². The highest BCUT2D eigenvalue weighted by molar-refractivity contribution is 5.94. The molecule has 0 aromatic heterocycles. The second kappa shape index (κ2) is 9.65. The molecule has 1 amide bonds. The molecule has 1 saturated heterocycles. The summed E-state index contributed by atoms with van der Waals surface area (Å²) in [5.41, 5.74) is 3.41. The molecule has 1 fully saturated rings. The lowest BCUT2D eigenvalue weighted by Gasteiger charge is -2.26. The summed E-state index contributed by atoms with van der Waals surface area (Å²) >= 11 is 0. The van der Waals surface area contributed by atoms with E-state index in [0.29, 0.717) is 18.9 Å². The van der Waals surface area contributed by atoms with Gasteiger partial charge in [-0.2, -0.15) is 0 Å². The van der Waals surface area contributed by atoms with Crippen molar-refractivity contribution in [2.75, 3.05) is 42.9 Å². The molecule has 6 heteroatoms. The zero-order valence-electron chi connectivity index (χ0n) is 17.6. The first kappa shape index (κ1) is 20.3. The first-order valence-electron chi connectivity index (χ1n) is 10.9. The van der Waals surface area contributed by atoms with Gasteiger partial charge in [0.15, 0.2) is 5.96 Å². The number of amides is 1. The van der Waals surface area contributed by atoms with Crippen LogP contribution in [-0.2, 0) is 4.79 Å². The summed E-state index contributed by atoms with van der Waals surface area (Å²) in [7, 11) is 0. The number of anilines is 2. The number of hydrogen-bond acceptors (Lipinski definition) is 3. The van der Waals surface area contributed by atoms with E-state index in [1.54, 1.807) is 0 Å². The molecule has 3 N–H and O–H groups in total. The van der Waals surface area contributed by atoms with Crippen LogP contribution in [0.4, 0.5) is 11.4 Å². The number of nitrogens with zero attached hydrogens (tertiary/aromatic N) is 2. The monoisotopic (exact) mass is 405 g/mol. The van der Waals surface area contributed by atoms with E-state index in [1.807, 2.05) is 18.2 Å². The van der Waals surface area contributed by atoms with Gasteiger partial charge in [-0.3, -0.25) is 9.79 Å². The van der Waals surface area contributed by atoms with E-state index in [0.717, 1.165) is 44.2 Å². The van der Waals surface area contributed by atoms with Crippen molar-refractivity contribution in [3.63, 3.8) is 0 Å². The SMILES string of the molecule is CCNC(=NCC1CCN(c2ccccc2)C1)NCC1CC(=O)Nc2ccccc21. The van der Waals surface area contributed by atoms with Gasteiger partial charge >= 0.3 is 0 Å². The van der Waals surface area contributed by atoms with Gasteiger partial charge in [0.1, 0.15) is 0 Å². The molecule has 2 atom stereocenters. The number of carbonyl (C=O) groups is 1. The Labute approximate surface area is 178 Å². The first-order valence-corrected chi connectivity index (χ1v) is 10.9. The van der Waals surface area contributed by atoms with Crippen LogP contribution in [0.1, 0.15) is 31.2 Å². The summed E-state index contributed by atoms with van der Waals surface area (Å²) < 4.78 is 0. The van der Waals surface area contributed by atoms with Crippen LogP contribution in [0.3, 0.4) is 0 Å². The van der Waals surface area contributed by atoms with Crippen molar-refractivity contribution < 1.29 is 4.79 Å². The summed E-state index contributed by atoms with van der Waals surface area (Å²) in [4.78, 5) is 19.4. The molecule has 4 rings (SSSR count). The van der Waals surface area contributed by atoms with Gasteiger partial charge in [0.05, 0.1) is 0 Å². The Bertz CT molecular complexity index is 882. The van der Waals surface area contributed by atoms with E-state index >= 15 is 0 Å². The van der Waals surface area contributed by atoms with Crippen LogP contribution in [0.25, 0.3) is 0 Å². The van der Waals surface area contributed by atoms with Crippen molar-refractivity contribution in [1.82, 2.24) is 10.6 Å². The number of benzene rings is 2. The molecule has 0 saturated carbocycles. The minimum atomic E-state index is 0.0781. The predicted octanol–water partition coefficient (Wildman–Crippen LogP) is 3.19. The van der Waals surface area contributed by atoms with Crippen molar-refractivity contribution >= 4 is 23.2 Å². The molecular formula is C24H31N5O. The third-order valence-electron chi connectivity index (χ3n) is 5.88. The van der Waals surface area contributed by atoms with Gasteiger partial charge in [-0.25, -0.2) is 0 Å². The molecule has 2 aliphatic rings. The lowest BCUT2D eigenvalue weighted by atomic mass is 9.90. The lowest BCUT2D eigenvalue weighted by molar-refractivity contribution is -0.116. The summed E-state index contributed by atoms with van der Waals surface area (Å²) in [5.74, 6) is 1.62. The maximum Gasteiger partial charge on any atom is 0.225 e. The number of guanidine groups is 1. The summed E-state index contributed by atoms with van der Waals surface area (Å²) in [6.45, 7) is 6.52. The topological polar surface area (TPSA) is 68.8 Å². The summed E-state index contributed by atoms with van der Waals surface area (Å²) in [6.07, 6.45) is 1.66. The van der Waals surface area contributed by atoms with E-state index in [1.165, 1.54) is 11.3 Å². The molecular weight excluding hydrogens is 374 g/mol. The second-order valence-electron chi connectivity index (χ2n) is 8.07. The number of fused-ring (bicyclic) bond motifs is 1. The normalized spacial score (nSPS) is 21.2. The number of carbonyl (C=O) groups excluding carboxylic acids is 1. The highest BCUT2D eigenvalue weighted by Gasteiger charge is 2.25. The van der Waals surface area contributed by atoms with Crippen LogP contribution >= 0.6 is 0 Å². The molecule has 2 heterocycles. The van der Waals surface area contributed by atoms with Crippen molar-refractivity contribution in [3.8, 4) is 0 Å². The van der Waals surface area contributed by atoms with Crippen molar-refractivity contribution in [3.05, 3.63) is 60.2 Å². The van der Waals surface area contributed by atoms with Gasteiger partial charge in [0, 0.05) is 56.4 Å². The van der Waals surface area contributed by atoms with E-state index in [4.69, 9.17) is 4.99 Å². The Balaban J connectivity index is 1.34. The summed E-state index contributed by atoms with van der Waals surface area (Å²) in [5, 5.41) is 9.78. The van der Waals surface area contributed by atoms with Crippen LogP contribution in [0.2, 0.25) is 0 Å². The molecule has 2 aromatic carbocycles. The van der Waals surface area contributed by atoms with Gasteiger partial charge in [-0.1, -0.05) is 36.4 Å². The standard InChI is InChI=1S/C24H31N5O/c1-2-25-24(26-15-18-12-13-29(17-18)20-8-4-3-5-9-20)27-16-19-14-23(30)28-22-11-7-6-10-21(19)22/h3-11,18-19H,2,12-17H2,1H3,(H,28,30)(H2,25,26,27). The maximum absolute atomic E-state index is 12.1. The Morgan fingerprint density at radius 1 is 1.13 bits per heavy atom. The number of para-hydroxylation sites is 2. The minimum Gasteiger partial charge on any atom is -0.371 e. The third-order valence-corrected chi connectivity index (χ3v) is 5.88.